The number of halogens is 1. The zero-order valence-electron chi connectivity index (χ0n) is 18.0. The zero-order chi connectivity index (χ0) is 22.4. The van der Waals surface area contributed by atoms with Gasteiger partial charge in [0, 0.05) is 35.1 Å². The molecule has 1 aliphatic carbocycles. The van der Waals surface area contributed by atoms with Gasteiger partial charge in [-0.25, -0.2) is 0 Å². The minimum absolute atomic E-state index is 0.921. The standard InChI is InChI=1S/C30H21BrS2/c1-19(31)25-17-21(22-14-16-30-26(18-22)24-10-4-5-11-28(24)33-30)13-15-29(25)32-27-12-6-8-20-7-2-3-9-23(20)27/h2-5,7-11,13-18H,1,6,12H2. The van der Waals surface area contributed by atoms with Crippen LogP contribution in [-0.4, -0.2) is 0 Å². The highest BCUT2D eigenvalue weighted by atomic mass is 79.9. The van der Waals surface area contributed by atoms with Gasteiger partial charge in [-0.3, -0.25) is 0 Å². The van der Waals surface area contributed by atoms with Crippen LogP contribution in [-0.2, 0) is 0 Å². The fourth-order valence-electron chi connectivity index (χ4n) is 4.58. The van der Waals surface area contributed by atoms with Crippen molar-refractivity contribution in [3.8, 4) is 11.1 Å². The topological polar surface area (TPSA) is 0 Å². The molecule has 0 radical (unpaired) electrons. The molecule has 160 valence electrons. The molecule has 0 spiro atoms. The molecule has 0 unspecified atom stereocenters. The van der Waals surface area contributed by atoms with Crippen LogP contribution < -0.4 is 10.4 Å². The van der Waals surface area contributed by atoms with E-state index in [0.717, 1.165) is 22.9 Å². The Hall–Kier alpha value is -2.59. The minimum atomic E-state index is 0.921. The van der Waals surface area contributed by atoms with E-state index in [9.17, 15) is 0 Å². The second-order valence-electron chi connectivity index (χ2n) is 8.28. The third-order valence-corrected chi connectivity index (χ3v) is 9.04. The fourth-order valence-corrected chi connectivity index (χ4v) is 7.33. The van der Waals surface area contributed by atoms with Gasteiger partial charge in [-0.05, 0) is 69.6 Å². The average molecular weight is 526 g/mol. The van der Waals surface area contributed by atoms with E-state index in [1.165, 1.54) is 51.5 Å². The molecule has 0 atom stereocenters. The van der Waals surface area contributed by atoms with Gasteiger partial charge in [0.1, 0.15) is 0 Å². The summed E-state index contributed by atoms with van der Waals surface area (Å²) in [5.74, 6) is 0. The first-order valence-electron chi connectivity index (χ1n) is 11.0. The monoisotopic (exact) mass is 524 g/mol. The normalized spacial score (nSPS) is 13.2. The molecule has 5 aromatic rings. The Morgan fingerprint density at radius 2 is 1.58 bits per heavy atom. The predicted molar refractivity (Wildman–Crippen MR) is 151 cm³/mol. The Kier molecular flexibility index (Phi) is 5.49. The van der Waals surface area contributed by atoms with Crippen molar-refractivity contribution in [1.82, 2.24) is 0 Å². The highest BCUT2D eigenvalue weighted by molar-refractivity contribution is 9.15. The molecule has 1 heterocycles. The molecule has 0 amide bonds. The SMILES string of the molecule is C=C(Br)c1cc(-c2ccc3sc4ccccc4c3c2)ccc1SC1=c2ccccc2=CCC1. The van der Waals surface area contributed by atoms with Gasteiger partial charge in [-0.1, -0.05) is 94.9 Å². The summed E-state index contributed by atoms with van der Waals surface area (Å²) < 4.78 is 3.60. The maximum absolute atomic E-state index is 4.23. The van der Waals surface area contributed by atoms with Crippen molar-refractivity contribution < 1.29 is 0 Å². The summed E-state index contributed by atoms with van der Waals surface area (Å²) in [4.78, 5) is 2.68. The van der Waals surface area contributed by atoms with Crippen LogP contribution in [0.1, 0.15) is 18.4 Å². The van der Waals surface area contributed by atoms with Crippen molar-refractivity contribution in [2.75, 3.05) is 0 Å². The summed E-state index contributed by atoms with van der Waals surface area (Å²) >= 11 is 7.42. The quantitative estimate of drug-likeness (QED) is 0.227. The van der Waals surface area contributed by atoms with Gasteiger partial charge in [-0.15, -0.1) is 11.3 Å². The lowest BCUT2D eigenvalue weighted by Crippen LogP contribution is -2.28. The number of hydrogen-bond acceptors (Lipinski definition) is 2. The first-order valence-corrected chi connectivity index (χ1v) is 13.5. The number of benzene rings is 4. The molecular weight excluding hydrogens is 504 g/mol. The van der Waals surface area contributed by atoms with Gasteiger partial charge >= 0.3 is 0 Å². The van der Waals surface area contributed by atoms with Crippen LogP contribution in [0, 0.1) is 0 Å². The maximum atomic E-state index is 4.23. The van der Waals surface area contributed by atoms with E-state index in [4.69, 9.17) is 0 Å². The second kappa shape index (κ2) is 8.64. The Labute approximate surface area is 210 Å². The first-order chi connectivity index (χ1) is 16.2. The number of thiophene rings is 1. The molecular formula is C30H21BrS2. The van der Waals surface area contributed by atoms with Crippen molar-refractivity contribution in [2.45, 2.75) is 17.7 Å². The molecule has 0 aliphatic heterocycles. The second-order valence-corrected chi connectivity index (χ2v) is 11.5. The summed E-state index contributed by atoms with van der Waals surface area (Å²) in [6.07, 6.45) is 4.52. The van der Waals surface area contributed by atoms with Crippen LogP contribution in [0.5, 0.6) is 0 Å². The average Bonchev–Trinajstić information content (AvgIpc) is 3.22. The molecule has 4 aromatic carbocycles. The van der Waals surface area contributed by atoms with Gasteiger partial charge in [-0.2, -0.15) is 0 Å². The number of fused-ring (bicyclic) bond motifs is 4. The highest BCUT2D eigenvalue weighted by Crippen LogP contribution is 2.41. The van der Waals surface area contributed by atoms with Gasteiger partial charge in [0.05, 0.1) is 0 Å². The van der Waals surface area contributed by atoms with Crippen LogP contribution in [0.25, 0.3) is 46.8 Å². The summed E-state index contributed by atoms with van der Waals surface area (Å²) in [6.45, 7) is 4.23. The van der Waals surface area contributed by atoms with E-state index in [1.807, 2.05) is 23.1 Å². The molecule has 33 heavy (non-hydrogen) atoms. The summed E-state index contributed by atoms with van der Waals surface area (Å²) in [5, 5.41) is 5.37. The molecule has 1 aromatic heterocycles. The van der Waals surface area contributed by atoms with Gasteiger partial charge < -0.3 is 0 Å². The highest BCUT2D eigenvalue weighted by Gasteiger charge is 2.13. The third kappa shape index (κ3) is 3.89. The van der Waals surface area contributed by atoms with E-state index in [2.05, 4.69) is 114 Å². The molecule has 0 fully saturated rings. The van der Waals surface area contributed by atoms with Crippen LogP contribution in [0.2, 0.25) is 0 Å². The molecule has 6 rings (SSSR count). The predicted octanol–water partition coefficient (Wildman–Crippen LogP) is 8.56. The van der Waals surface area contributed by atoms with Crippen LogP contribution in [0.15, 0.2) is 96.4 Å². The van der Waals surface area contributed by atoms with Crippen molar-refractivity contribution in [2.24, 2.45) is 0 Å². The smallest absolute Gasteiger partial charge is 0.0355 e. The lowest BCUT2D eigenvalue weighted by Gasteiger charge is -2.15. The molecule has 0 nitrogen and oxygen atoms in total. The third-order valence-electron chi connectivity index (χ3n) is 6.21. The first kappa shape index (κ1) is 21.0. The number of thioether (sulfide) groups is 1. The van der Waals surface area contributed by atoms with Gasteiger partial charge in [0.2, 0.25) is 0 Å². The molecule has 3 heteroatoms. The van der Waals surface area contributed by atoms with Crippen molar-refractivity contribution in [3.63, 3.8) is 0 Å². The molecule has 0 saturated heterocycles. The molecule has 0 bridgehead atoms. The summed E-state index contributed by atoms with van der Waals surface area (Å²) in [5.41, 5.74) is 3.62. The van der Waals surface area contributed by atoms with Crippen LogP contribution >= 0.6 is 39.0 Å². The minimum Gasteiger partial charge on any atom is -0.135 e. The zero-order valence-corrected chi connectivity index (χ0v) is 21.2. The van der Waals surface area contributed by atoms with Crippen molar-refractivity contribution >= 4 is 74.7 Å². The summed E-state index contributed by atoms with van der Waals surface area (Å²) in [6, 6.07) is 31.0. The Bertz CT molecular complexity index is 1670. The van der Waals surface area contributed by atoms with E-state index >= 15 is 0 Å². The Morgan fingerprint density at radius 3 is 2.48 bits per heavy atom. The molecule has 0 saturated carbocycles. The van der Waals surface area contributed by atoms with E-state index in [1.54, 1.807) is 0 Å². The van der Waals surface area contributed by atoms with Crippen molar-refractivity contribution in [1.29, 1.82) is 0 Å². The van der Waals surface area contributed by atoms with Crippen LogP contribution in [0.4, 0.5) is 0 Å². The van der Waals surface area contributed by atoms with E-state index in [0.29, 0.717) is 0 Å². The van der Waals surface area contributed by atoms with E-state index in [-0.39, 0.29) is 0 Å². The fraction of sp³-hybridized carbons (Fsp3) is 0.0667. The van der Waals surface area contributed by atoms with Crippen LogP contribution in [0.3, 0.4) is 0 Å². The summed E-state index contributed by atoms with van der Waals surface area (Å²) in [7, 11) is 0. The van der Waals surface area contributed by atoms with E-state index < -0.39 is 0 Å². The maximum Gasteiger partial charge on any atom is 0.0355 e. The van der Waals surface area contributed by atoms with Crippen molar-refractivity contribution in [3.05, 3.63) is 108 Å². The van der Waals surface area contributed by atoms with Gasteiger partial charge in [0.15, 0.2) is 0 Å². The molecule has 0 N–H and O–H groups in total. The molecule has 1 aliphatic rings. The largest absolute Gasteiger partial charge is 0.135 e. The lowest BCUT2D eigenvalue weighted by atomic mass is 10.0. The number of hydrogen-bond donors (Lipinski definition) is 0. The van der Waals surface area contributed by atoms with Gasteiger partial charge in [0.25, 0.3) is 0 Å². The Balaban J connectivity index is 1.44. The Morgan fingerprint density at radius 1 is 0.818 bits per heavy atom. The lowest BCUT2D eigenvalue weighted by molar-refractivity contribution is 1.10. The number of rotatable bonds is 4.